The van der Waals surface area contributed by atoms with E-state index in [1.807, 2.05) is 80.5 Å². The van der Waals surface area contributed by atoms with Crippen LogP contribution in [0.5, 0.6) is 5.75 Å². The lowest BCUT2D eigenvalue weighted by Gasteiger charge is -2.17. The Morgan fingerprint density at radius 2 is 1.25 bits per heavy atom. The van der Waals surface area contributed by atoms with Gasteiger partial charge in [0, 0.05) is 24.2 Å². The summed E-state index contributed by atoms with van der Waals surface area (Å²) in [5, 5.41) is 19.1. The predicted octanol–water partition coefficient (Wildman–Crippen LogP) is 4.35. The molecule has 0 aliphatic heterocycles. The molecule has 2 aromatic carbocycles. The van der Waals surface area contributed by atoms with E-state index in [2.05, 4.69) is 10.2 Å². The lowest BCUT2D eigenvalue weighted by atomic mass is 10.1. The van der Waals surface area contributed by atoms with Crippen molar-refractivity contribution in [2.45, 2.75) is 13.1 Å². The monoisotopic (exact) mass is 348 g/mol. The number of benzene rings is 2. The number of halogens is 1. The maximum absolute atomic E-state index is 10.5. The zero-order chi connectivity index (χ0) is 16.8. The Balaban J connectivity index is 0.00000288. The van der Waals surface area contributed by atoms with Gasteiger partial charge in [-0.3, -0.25) is 0 Å². The highest BCUT2D eigenvalue weighted by molar-refractivity contribution is 5.85. The van der Waals surface area contributed by atoms with Crippen LogP contribution in [0.25, 0.3) is 0 Å². The Kier molecular flexibility index (Phi) is 7.85. The van der Waals surface area contributed by atoms with E-state index < -0.39 is 0 Å². The zero-order valence-corrected chi connectivity index (χ0v) is 15.4. The van der Waals surface area contributed by atoms with Crippen molar-refractivity contribution in [1.82, 2.24) is 9.80 Å². The molecule has 2 aromatic rings. The van der Waals surface area contributed by atoms with Crippen LogP contribution >= 0.6 is 12.4 Å². The van der Waals surface area contributed by atoms with Crippen LogP contribution in [-0.2, 0) is 13.1 Å². The van der Waals surface area contributed by atoms with Gasteiger partial charge in [-0.25, -0.2) is 0 Å². The first-order valence-electron chi connectivity index (χ1n) is 7.56. The van der Waals surface area contributed by atoms with Crippen LogP contribution < -0.4 is 0 Å². The fraction of sp³-hybridized carbons (Fsp3) is 0.333. The molecule has 0 saturated carbocycles. The highest BCUT2D eigenvalue weighted by atomic mass is 35.5. The third-order valence-corrected chi connectivity index (χ3v) is 3.26. The minimum atomic E-state index is 0. The number of hydrogen-bond acceptors (Lipinski definition) is 5. The third-order valence-electron chi connectivity index (χ3n) is 3.26. The van der Waals surface area contributed by atoms with Crippen LogP contribution in [0.2, 0.25) is 0 Å². The van der Waals surface area contributed by atoms with Gasteiger partial charge in [0.05, 0.1) is 11.4 Å². The van der Waals surface area contributed by atoms with Crippen molar-refractivity contribution < 1.29 is 5.11 Å². The predicted molar refractivity (Wildman–Crippen MR) is 101 cm³/mol. The van der Waals surface area contributed by atoms with Gasteiger partial charge >= 0.3 is 0 Å². The van der Waals surface area contributed by atoms with Gasteiger partial charge in [0.15, 0.2) is 0 Å². The molecule has 0 amide bonds. The molecule has 24 heavy (non-hydrogen) atoms. The Morgan fingerprint density at radius 1 is 0.792 bits per heavy atom. The van der Waals surface area contributed by atoms with E-state index in [9.17, 15) is 5.11 Å². The third kappa shape index (κ3) is 5.92. The lowest BCUT2D eigenvalue weighted by molar-refractivity contribution is 0.368. The number of azo groups is 1. The minimum absolute atomic E-state index is 0. The number of nitrogens with zero attached hydrogens (tertiary/aromatic N) is 4. The minimum Gasteiger partial charge on any atom is -0.507 e. The molecule has 5 nitrogen and oxygen atoms in total. The molecule has 0 heterocycles. The number of phenols is 1. The summed E-state index contributed by atoms with van der Waals surface area (Å²) < 4.78 is 0. The smallest absolute Gasteiger partial charge is 0.124 e. The number of phenolic OH excluding ortho intramolecular Hbond substituents is 1. The Morgan fingerprint density at radius 3 is 1.71 bits per heavy atom. The molecular weight excluding hydrogens is 324 g/mol. The largest absolute Gasteiger partial charge is 0.507 e. The van der Waals surface area contributed by atoms with Crippen LogP contribution in [0.15, 0.2) is 52.7 Å². The lowest BCUT2D eigenvalue weighted by Crippen LogP contribution is -2.13. The van der Waals surface area contributed by atoms with Gasteiger partial charge in [-0.2, -0.15) is 10.2 Å². The molecular formula is C18H25ClN4O. The van der Waals surface area contributed by atoms with Crippen LogP contribution in [0, 0.1) is 0 Å². The fourth-order valence-electron chi connectivity index (χ4n) is 2.33. The van der Waals surface area contributed by atoms with E-state index in [4.69, 9.17) is 0 Å². The van der Waals surface area contributed by atoms with Gasteiger partial charge in [-0.15, -0.1) is 12.4 Å². The first kappa shape index (κ1) is 20.1. The average Bonchev–Trinajstić information content (AvgIpc) is 2.49. The molecule has 0 saturated heterocycles. The summed E-state index contributed by atoms with van der Waals surface area (Å²) in [6.07, 6.45) is 0. The van der Waals surface area contributed by atoms with Crippen molar-refractivity contribution in [1.29, 1.82) is 0 Å². The fourth-order valence-corrected chi connectivity index (χ4v) is 2.33. The molecule has 0 aliphatic rings. The van der Waals surface area contributed by atoms with Crippen molar-refractivity contribution in [3.8, 4) is 5.75 Å². The van der Waals surface area contributed by atoms with Crippen molar-refractivity contribution in [3.05, 3.63) is 53.6 Å². The van der Waals surface area contributed by atoms with Crippen LogP contribution in [0.4, 0.5) is 11.4 Å². The Bertz CT molecular complexity index is 641. The van der Waals surface area contributed by atoms with Gasteiger partial charge in [0.25, 0.3) is 0 Å². The Hall–Kier alpha value is -1.95. The quantitative estimate of drug-likeness (QED) is 0.789. The van der Waals surface area contributed by atoms with Crippen molar-refractivity contribution in [3.63, 3.8) is 0 Å². The second kappa shape index (κ2) is 9.37. The molecule has 0 aromatic heterocycles. The second-order valence-corrected chi connectivity index (χ2v) is 6.12. The summed E-state index contributed by atoms with van der Waals surface area (Å²) in [6, 6.07) is 13.4. The molecule has 0 atom stereocenters. The summed E-state index contributed by atoms with van der Waals surface area (Å²) in [7, 11) is 7.90. The average molecular weight is 349 g/mol. The second-order valence-electron chi connectivity index (χ2n) is 6.12. The highest BCUT2D eigenvalue weighted by Gasteiger charge is 2.11. The van der Waals surface area contributed by atoms with E-state index in [1.54, 1.807) is 0 Å². The molecule has 0 aliphatic carbocycles. The zero-order valence-electron chi connectivity index (χ0n) is 14.6. The molecule has 0 spiro atoms. The van der Waals surface area contributed by atoms with E-state index >= 15 is 0 Å². The number of rotatable bonds is 6. The molecule has 2 rings (SSSR count). The maximum atomic E-state index is 10.5. The maximum Gasteiger partial charge on any atom is 0.124 e. The van der Waals surface area contributed by atoms with Crippen LogP contribution in [-0.4, -0.2) is 43.1 Å². The van der Waals surface area contributed by atoms with Crippen molar-refractivity contribution >= 4 is 23.8 Å². The van der Waals surface area contributed by atoms with E-state index in [-0.39, 0.29) is 12.4 Å². The van der Waals surface area contributed by atoms with Crippen LogP contribution in [0.3, 0.4) is 0 Å². The number of hydrogen-bond donors (Lipinski definition) is 1. The topological polar surface area (TPSA) is 51.4 Å². The van der Waals surface area contributed by atoms with Gasteiger partial charge in [0.2, 0.25) is 0 Å². The molecule has 130 valence electrons. The molecule has 0 radical (unpaired) electrons. The van der Waals surface area contributed by atoms with Crippen molar-refractivity contribution in [2.24, 2.45) is 10.2 Å². The molecule has 0 fully saturated rings. The first-order valence-corrected chi connectivity index (χ1v) is 7.56. The Labute approximate surface area is 150 Å². The molecule has 6 heteroatoms. The van der Waals surface area contributed by atoms with E-state index in [0.717, 1.165) is 22.5 Å². The molecule has 1 N–H and O–H groups in total. The SMILES string of the molecule is CN(C)Cc1cc(N=Nc2ccccc2)cc(CN(C)C)c1O.Cl. The normalized spacial score (nSPS) is 11.2. The van der Waals surface area contributed by atoms with Gasteiger partial charge < -0.3 is 14.9 Å². The summed E-state index contributed by atoms with van der Waals surface area (Å²) in [4.78, 5) is 4.04. The van der Waals surface area contributed by atoms with Crippen LogP contribution in [0.1, 0.15) is 11.1 Å². The van der Waals surface area contributed by atoms with Gasteiger partial charge in [0.1, 0.15) is 5.75 Å². The summed E-state index contributed by atoms with van der Waals surface area (Å²) in [5.74, 6) is 0.339. The number of aromatic hydroxyl groups is 1. The van der Waals surface area contributed by atoms with E-state index in [0.29, 0.717) is 18.8 Å². The summed E-state index contributed by atoms with van der Waals surface area (Å²) in [6.45, 7) is 1.31. The van der Waals surface area contributed by atoms with Gasteiger partial charge in [-0.05, 0) is 52.5 Å². The highest BCUT2D eigenvalue weighted by Crippen LogP contribution is 2.31. The summed E-state index contributed by atoms with van der Waals surface area (Å²) >= 11 is 0. The molecule has 0 bridgehead atoms. The summed E-state index contributed by atoms with van der Waals surface area (Å²) in [5.41, 5.74) is 3.27. The van der Waals surface area contributed by atoms with Crippen molar-refractivity contribution in [2.75, 3.05) is 28.2 Å². The first-order chi connectivity index (χ1) is 11.0. The standard InChI is InChI=1S/C18H24N4O.ClH/c1-21(2)12-14-10-17(11-15(18(14)23)13-22(3)4)20-19-16-8-6-5-7-9-16;/h5-11,23H,12-13H2,1-4H3;1H. The van der Waals surface area contributed by atoms with E-state index in [1.165, 1.54) is 0 Å². The van der Waals surface area contributed by atoms with Gasteiger partial charge in [-0.1, -0.05) is 18.2 Å². The molecule has 0 unspecified atom stereocenters.